The number of anilines is 1. The van der Waals surface area contributed by atoms with Gasteiger partial charge in [0.1, 0.15) is 5.92 Å². The van der Waals surface area contributed by atoms with E-state index in [-0.39, 0.29) is 17.3 Å². The van der Waals surface area contributed by atoms with Gasteiger partial charge in [0, 0.05) is 12.2 Å². The highest BCUT2D eigenvalue weighted by atomic mass is 32.2. The fourth-order valence-electron chi connectivity index (χ4n) is 4.07. The Morgan fingerprint density at radius 1 is 0.800 bits per heavy atom. The van der Waals surface area contributed by atoms with Gasteiger partial charge >= 0.3 is 0 Å². The van der Waals surface area contributed by atoms with E-state index in [9.17, 15) is 13.2 Å². The molecule has 0 saturated carbocycles. The summed E-state index contributed by atoms with van der Waals surface area (Å²) in [4.78, 5) is 18.0. The van der Waals surface area contributed by atoms with Gasteiger partial charge in [-0.05, 0) is 47.0 Å². The first kappa shape index (κ1) is 22.7. The van der Waals surface area contributed by atoms with E-state index in [2.05, 4.69) is 10.0 Å². The minimum absolute atomic E-state index is 0.110. The number of para-hydroxylation sites is 1. The summed E-state index contributed by atoms with van der Waals surface area (Å²) in [7, 11) is -3.59. The molecule has 4 aromatic carbocycles. The van der Waals surface area contributed by atoms with Gasteiger partial charge in [-0.1, -0.05) is 78.9 Å². The van der Waals surface area contributed by atoms with Gasteiger partial charge in [0.15, 0.2) is 0 Å². The molecule has 7 heteroatoms. The number of benzene rings is 4. The second kappa shape index (κ2) is 9.66. The van der Waals surface area contributed by atoms with Crippen LogP contribution in [0, 0.1) is 0 Å². The van der Waals surface area contributed by atoms with Crippen LogP contribution in [-0.2, 0) is 21.4 Å². The first-order valence-corrected chi connectivity index (χ1v) is 12.7. The first-order chi connectivity index (χ1) is 17.0. The molecule has 6 nitrogen and oxygen atoms in total. The van der Waals surface area contributed by atoms with Crippen molar-refractivity contribution in [1.82, 2.24) is 4.72 Å². The van der Waals surface area contributed by atoms with Crippen molar-refractivity contribution in [3.8, 4) is 0 Å². The second-order valence-electron chi connectivity index (χ2n) is 8.18. The van der Waals surface area contributed by atoms with Gasteiger partial charge in [-0.25, -0.2) is 13.1 Å². The van der Waals surface area contributed by atoms with E-state index in [1.807, 2.05) is 78.9 Å². The zero-order valence-corrected chi connectivity index (χ0v) is 19.6. The zero-order chi connectivity index (χ0) is 24.3. The van der Waals surface area contributed by atoms with Gasteiger partial charge in [-0.2, -0.15) is 0 Å². The topological polar surface area (TPSA) is 87.6 Å². The van der Waals surface area contributed by atoms with E-state index in [1.165, 1.54) is 0 Å². The van der Waals surface area contributed by atoms with Gasteiger partial charge in [0.2, 0.25) is 15.9 Å². The van der Waals surface area contributed by atoms with Crippen LogP contribution >= 0.6 is 0 Å². The van der Waals surface area contributed by atoms with Crippen molar-refractivity contribution in [2.75, 3.05) is 5.32 Å². The molecule has 0 aliphatic carbocycles. The molecule has 1 atom stereocenters. The first-order valence-electron chi connectivity index (χ1n) is 11.2. The number of hydrogen-bond donors (Lipinski definition) is 2. The van der Waals surface area contributed by atoms with Gasteiger partial charge in [-0.15, -0.1) is 0 Å². The highest BCUT2D eigenvalue weighted by molar-refractivity contribution is 7.89. The largest absolute Gasteiger partial charge is 0.325 e. The summed E-state index contributed by atoms with van der Waals surface area (Å²) in [6.45, 7) is 0.158. The number of nitrogens with one attached hydrogen (secondary N) is 2. The summed E-state index contributed by atoms with van der Waals surface area (Å²) in [5.41, 5.74) is 4.69. The van der Waals surface area contributed by atoms with E-state index in [4.69, 9.17) is 4.99 Å². The number of aliphatic imine (C=N–C) groups is 1. The highest BCUT2D eigenvalue weighted by Gasteiger charge is 2.35. The molecule has 1 aliphatic heterocycles. The quantitative estimate of drug-likeness (QED) is 0.363. The number of carbonyl (C=O) groups excluding carboxylic acids is 1. The van der Waals surface area contributed by atoms with E-state index in [1.54, 1.807) is 30.3 Å². The number of fused-ring (bicyclic) bond motifs is 1. The van der Waals surface area contributed by atoms with Crippen molar-refractivity contribution in [2.24, 2.45) is 4.99 Å². The third kappa shape index (κ3) is 4.91. The maximum Gasteiger partial charge on any atom is 0.240 e. The molecule has 1 amide bonds. The molecule has 1 aliphatic rings. The predicted octanol–water partition coefficient (Wildman–Crippen LogP) is 5.02. The average Bonchev–Trinajstić information content (AvgIpc) is 3.23. The van der Waals surface area contributed by atoms with E-state index >= 15 is 0 Å². The van der Waals surface area contributed by atoms with Crippen molar-refractivity contribution >= 4 is 33.0 Å². The van der Waals surface area contributed by atoms with E-state index in [0.29, 0.717) is 11.4 Å². The molecule has 0 spiro atoms. The number of rotatable bonds is 7. The Morgan fingerprint density at radius 2 is 1.43 bits per heavy atom. The van der Waals surface area contributed by atoms with Crippen molar-refractivity contribution in [2.45, 2.75) is 17.4 Å². The summed E-state index contributed by atoms with van der Waals surface area (Å²) >= 11 is 0. The third-order valence-electron chi connectivity index (χ3n) is 5.84. The van der Waals surface area contributed by atoms with Gasteiger partial charge < -0.3 is 5.32 Å². The zero-order valence-electron chi connectivity index (χ0n) is 18.8. The van der Waals surface area contributed by atoms with Crippen LogP contribution in [-0.4, -0.2) is 20.0 Å². The van der Waals surface area contributed by atoms with Crippen molar-refractivity contribution in [3.63, 3.8) is 0 Å². The lowest BCUT2D eigenvalue weighted by Crippen LogP contribution is -2.23. The molecule has 0 fully saturated rings. The fourth-order valence-corrected chi connectivity index (χ4v) is 5.11. The number of hydrogen-bond acceptors (Lipinski definition) is 4. The Morgan fingerprint density at radius 3 is 2.14 bits per heavy atom. The van der Waals surface area contributed by atoms with E-state index < -0.39 is 15.9 Å². The van der Waals surface area contributed by atoms with Crippen molar-refractivity contribution in [1.29, 1.82) is 0 Å². The second-order valence-corrected chi connectivity index (χ2v) is 9.94. The fraction of sp³-hybridized carbons (Fsp3) is 0.0714. The maximum atomic E-state index is 12.9. The molecule has 0 aromatic heterocycles. The molecular formula is C28H23N3O3S. The van der Waals surface area contributed by atoms with Gasteiger partial charge in [0.05, 0.1) is 16.3 Å². The van der Waals surface area contributed by atoms with Crippen LogP contribution < -0.4 is 10.0 Å². The standard InChI is InChI=1S/C28H23N3O3S/c32-28-26(24-13-7-8-14-25(24)31-28)27(21-9-3-1-4-10-21)30-22-17-15-20(16-18-22)19-29-35(33,34)23-11-5-2-6-12-23/h1-18,26,29H,19H2,(H,31,32). The summed E-state index contributed by atoms with van der Waals surface area (Å²) in [6, 6.07) is 32.9. The molecule has 1 heterocycles. The van der Waals surface area contributed by atoms with Crippen molar-refractivity contribution < 1.29 is 13.2 Å². The number of sulfonamides is 1. The lowest BCUT2D eigenvalue weighted by molar-refractivity contribution is -0.115. The summed E-state index contributed by atoms with van der Waals surface area (Å²) < 4.78 is 27.6. The lowest BCUT2D eigenvalue weighted by atomic mass is 9.90. The van der Waals surface area contributed by atoms with Gasteiger partial charge in [-0.3, -0.25) is 9.79 Å². The monoisotopic (exact) mass is 481 g/mol. The van der Waals surface area contributed by atoms with Crippen molar-refractivity contribution in [3.05, 3.63) is 126 Å². The summed E-state index contributed by atoms with van der Waals surface area (Å²) in [6.07, 6.45) is 0. The predicted molar refractivity (Wildman–Crippen MR) is 137 cm³/mol. The van der Waals surface area contributed by atoms with Crippen LogP contribution in [0.25, 0.3) is 0 Å². The average molecular weight is 482 g/mol. The molecule has 0 bridgehead atoms. The Bertz CT molecular complexity index is 1480. The Kier molecular flexibility index (Phi) is 6.27. The molecule has 0 radical (unpaired) electrons. The Balaban J connectivity index is 1.42. The lowest BCUT2D eigenvalue weighted by Gasteiger charge is -2.14. The number of nitrogens with zero attached hydrogens (tertiary/aromatic N) is 1. The van der Waals surface area contributed by atoms with Crippen LogP contribution in [0.5, 0.6) is 0 Å². The minimum atomic E-state index is -3.59. The minimum Gasteiger partial charge on any atom is -0.325 e. The summed E-state index contributed by atoms with van der Waals surface area (Å²) in [5.74, 6) is -0.633. The SMILES string of the molecule is O=C1Nc2ccccc2C1C(=Nc1ccc(CNS(=O)(=O)c2ccccc2)cc1)c1ccccc1. The van der Waals surface area contributed by atoms with Crippen LogP contribution in [0.1, 0.15) is 22.6 Å². The molecular weight excluding hydrogens is 458 g/mol. The Hall–Kier alpha value is -4.07. The number of amides is 1. The van der Waals surface area contributed by atoms with Crippen LogP contribution in [0.3, 0.4) is 0 Å². The smallest absolute Gasteiger partial charge is 0.240 e. The van der Waals surface area contributed by atoms with Gasteiger partial charge in [0.25, 0.3) is 0 Å². The Labute approximate surface area is 204 Å². The molecule has 174 valence electrons. The normalized spacial score (nSPS) is 15.5. The molecule has 5 rings (SSSR count). The maximum absolute atomic E-state index is 12.9. The van der Waals surface area contributed by atoms with Crippen LogP contribution in [0.4, 0.5) is 11.4 Å². The molecule has 0 saturated heterocycles. The van der Waals surface area contributed by atoms with Crippen LogP contribution in [0.2, 0.25) is 0 Å². The molecule has 2 N–H and O–H groups in total. The molecule has 1 unspecified atom stereocenters. The summed E-state index contributed by atoms with van der Waals surface area (Å²) in [5, 5.41) is 2.95. The highest BCUT2D eigenvalue weighted by Crippen LogP contribution is 2.36. The van der Waals surface area contributed by atoms with E-state index in [0.717, 1.165) is 22.4 Å². The third-order valence-corrected chi connectivity index (χ3v) is 7.26. The molecule has 35 heavy (non-hydrogen) atoms. The van der Waals surface area contributed by atoms with Crippen LogP contribution in [0.15, 0.2) is 119 Å². The number of carbonyl (C=O) groups is 1. The molecule has 4 aromatic rings.